The van der Waals surface area contributed by atoms with Gasteiger partial charge in [-0.2, -0.15) is 0 Å². The van der Waals surface area contributed by atoms with Crippen LogP contribution in [0.1, 0.15) is 25.2 Å². The number of aryl methyl sites for hydroxylation is 1. The average molecular weight is 265 g/mol. The van der Waals surface area contributed by atoms with Gasteiger partial charge in [-0.25, -0.2) is 0 Å². The second-order valence-electron chi connectivity index (χ2n) is 5.48. The second-order valence-corrected chi connectivity index (χ2v) is 5.48. The lowest BCUT2D eigenvalue weighted by Gasteiger charge is -2.17. The highest BCUT2D eigenvalue weighted by molar-refractivity contribution is 5.26. The maximum absolute atomic E-state index is 5.27. The Morgan fingerprint density at radius 2 is 2.11 bits per heavy atom. The van der Waals surface area contributed by atoms with E-state index in [1.807, 2.05) is 19.1 Å². The standard InChI is InChI=1S/C15H27N3O/c1-12(2)10-16-6-7-18(4)11-14-9-15(19-5)8-13(3)17-14/h8-9,12,16H,6-7,10-11H2,1-5H3. The van der Waals surface area contributed by atoms with Gasteiger partial charge in [0.2, 0.25) is 0 Å². The Morgan fingerprint density at radius 1 is 1.37 bits per heavy atom. The van der Waals surface area contributed by atoms with Crippen molar-refractivity contribution in [3.63, 3.8) is 0 Å². The summed E-state index contributed by atoms with van der Waals surface area (Å²) < 4.78 is 5.27. The van der Waals surface area contributed by atoms with Crippen LogP contribution in [0.4, 0.5) is 0 Å². The van der Waals surface area contributed by atoms with Crippen molar-refractivity contribution in [3.8, 4) is 5.75 Å². The van der Waals surface area contributed by atoms with Crippen LogP contribution in [-0.2, 0) is 6.54 Å². The molecule has 0 amide bonds. The molecule has 0 aromatic carbocycles. The van der Waals surface area contributed by atoms with Crippen LogP contribution < -0.4 is 10.1 Å². The summed E-state index contributed by atoms with van der Waals surface area (Å²) in [7, 11) is 3.81. The maximum Gasteiger partial charge on any atom is 0.122 e. The van der Waals surface area contributed by atoms with Crippen LogP contribution in [0.3, 0.4) is 0 Å². The lowest BCUT2D eigenvalue weighted by atomic mass is 10.2. The third kappa shape index (κ3) is 6.55. The van der Waals surface area contributed by atoms with E-state index in [9.17, 15) is 0 Å². The molecule has 0 unspecified atom stereocenters. The lowest BCUT2D eigenvalue weighted by Crippen LogP contribution is -2.31. The summed E-state index contributed by atoms with van der Waals surface area (Å²) in [5.74, 6) is 1.59. The molecule has 0 aliphatic rings. The van der Waals surface area contributed by atoms with Gasteiger partial charge < -0.3 is 10.1 Å². The van der Waals surface area contributed by atoms with E-state index >= 15 is 0 Å². The van der Waals surface area contributed by atoms with Crippen LogP contribution in [0.2, 0.25) is 0 Å². The minimum atomic E-state index is 0.702. The Morgan fingerprint density at radius 3 is 2.74 bits per heavy atom. The first-order chi connectivity index (χ1) is 9.01. The zero-order valence-corrected chi connectivity index (χ0v) is 12.9. The average Bonchev–Trinajstić information content (AvgIpc) is 2.33. The molecule has 0 atom stereocenters. The van der Waals surface area contributed by atoms with Crippen LogP contribution >= 0.6 is 0 Å². The molecule has 0 radical (unpaired) electrons. The molecule has 4 nitrogen and oxygen atoms in total. The topological polar surface area (TPSA) is 37.4 Å². The van der Waals surface area contributed by atoms with E-state index in [1.54, 1.807) is 7.11 Å². The summed E-state index contributed by atoms with van der Waals surface area (Å²) in [6.45, 7) is 10.4. The predicted octanol–water partition coefficient (Wildman–Crippen LogP) is 2.08. The van der Waals surface area contributed by atoms with Gasteiger partial charge in [0.05, 0.1) is 12.8 Å². The summed E-state index contributed by atoms with van der Waals surface area (Å²) in [4.78, 5) is 6.81. The van der Waals surface area contributed by atoms with Crippen LogP contribution in [-0.4, -0.2) is 43.7 Å². The zero-order valence-electron chi connectivity index (χ0n) is 12.9. The van der Waals surface area contributed by atoms with E-state index in [-0.39, 0.29) is 0 Å². The minimum Gasteiger partial charge on any atom is -0.497 e. The van der Waals surface area contributed by atoms with E-state index in [1.165, 1.54) is 0 Å². The molecular weight excluding hydrogens is 238 g/mol. The normalized spacial score (nSPS) is 11.3. The van der Waals surface area contributed by atoms with Gasteiger partial charge in [-0.05, 0) is 26.4 Å². The molecule has 1 N–H and O–H groups in total. The van der Waals surface area contributed by atoms with Crippen molar-refractivity contribution in [3.05, 3.63) is 23.5 Å². The summed E-state index contributed by atoms with van der Waals surface area (Å²) in [5, 5.41) is 3.45. The molecule has 1 heterocycles. The minimum absolute atomic E-state index is 0.702. The SMILES string of the molecule is COc1cc(C)nc(CN(C)CCNCC(C)C)c1. The highest BCUT2D eigenvalue weighted by atomic mass is 16.5. The predicted molar refractivity (Wildman–Crippen MR) is 79.6 cm³/mol. The Hall–Kier alpha value is -1.13. The summed E-state index contributed by atoms with van der Waals surface area (Å²) in [6, 6.07) is 3.96. The van der Waals surface area contributed by atoms with E-state index in [4.69, 9.17) is 4.74 Å². The van der Waals surface area contributed by atoms with Crippen molar-refractivity contribution in [2.45, 2.75) is 27.3 Å². The molecule has 19 heavy (non-hydrogen) atoms. The van der Waals surface area contributed by atoms with Crippen molar-refractivity contribution in [2.24, 2.45) is 5.92 Å². The number of aromatic nitrogens is 1. The van der Waals surface area contributed by atoms with Crippen molar-refractivity contribution in [1.29, 1.82) is 0 Å². The fourth-order valence-electron chi connectivity index (χ4n) is 1.92. The number of likely N-dealkylation sites (N-methyl/N-ethyl adjacent to an activating group) is 1. The number of rotatable bonds is 8. The molecule has 0 aliphatic carbocycles. The van der Waals surface area contributed by atoms with Crippen molar-refractivity contribution in [1.82, 2.24) is 15.2 Å². The number of ether oxygens (including phenoxy) is 1. The van der Waals surface area contributed by atoms with Gasteiger partial charge in [0.15, 0.2) is 0 Å². The van der Waals surface area contributed by atoms with E-state index in [2.05, 4.69) is 36.1 Å². The quantitative estimate of drug-likeness (QED) is 0.730. The number of methoxy groups -OCH3 is 1. The highest BCUT2D eigenvalue weighted by Crippen LogP contribution is 2.14. The molecule has 0 saturated carbocycles. The second kappa shape index (κ2) is 8.12. The van der Waals surface area contributed by atoms with Crippen LogP contribution in [0, 0.1) is 12.8 Å². The Balaban J connectivity index is 2.39. The van der Waals surface area contributed by atoms with Crippen LogP contribution in [0.25, 0.3) is 0 Å². The largest absolute Gasteiger partial charge is 0.497 e. The van der Waals surface area contributed by atoms with E-state index in [0.717, 1.165) is 43.3 Å². The smallest absolute Gasteiger partial charge is 0.122 e. The Labute approximate surface area is 117 Å². The zero-order chi connectivity index (χ0) is 14.3. The molecule has 0 fully saturated rings. The van der Waals surface area contributed by atoms with Gasteiger partial charge in [0.25, 0.3) is 0 Å². The molecule has 0 spiro atoms. The molecule has 0 saturated heterocycles. The van der Waals surface area contributed by atoms with Crippen LogP contribution in [0.15, 0.2) is 12.1 Å². The first-order valence-corrected chi connectivity index (χ1v) is 6.92. The summed E-state index contributed by atoms with van der Waals surface area (Å²) in [6.07, 6.45) is 0. The van der Waals surface area contributed by atoms with E-state index < -0.39 is 0 Å². The third-order valence-electron chi connectivity index (χ3n) is 2.87. The van der Waals surface area contributed by atoms with Crippen molar-refractivity contribution in [2.75, 3.05) is 33.8 Å². The Bertz CT molecular complexity index is 380. The van der Waals surface area contributed by atoms with Crippen molar-refractivity contribution >= 4 is 0 Å². The Kier molecular flexibility index (Phi) is 6.81. The van der Waals surface area contributed by atoms with Gasteiger partial charge in [-0.15, -0.1) is 0 Å². The molecule has 0 bridgehead atoms. The molecule has 108 valence electrons. The molecular formula is C15H27N3O. The number of pyridine rings is 1. The van der Waals surface area contributed by atoms with E-state index in [0.29, 0.717) is 5.92 Å². The highest BCUT2D eigenvalue weighted by Gasteiger charge is 2.04. The number of hydrogen-bond acceptors (Lipinski definition) is 4. The fraction of sp³-hybridized carbons (Fsp3) is 0.667. The maximum atomic E-state index is 5.27. The monoisotopic (exact) mass is 265 g/mol. The van der Waals surface area contributed by atoms with Gasteiger partial charge in [0.1, 0.15) is 5.75 Å². The van der Waals surface area contributed by atoms with Gasteiger partial charge in [-0.3, -0.25) is 9.88 Å². The molecule has 1 aromatic heterocycles. The molecule has 4 heteroatoms. The summed E-state index contributed by atoms with van der Waals surface area (Å²) in [5.41, 5.74) is 2.06. The first-order valence-electron chi connectivity index (χ1n) is 6.92. The number of hydrogen-bond donors (Lipinski definition) is 1. The van der Waals surface area contributed by atoms with Crippen molar-refractivity contribution < 1.29 is 4.74 Å². The number of nitrogens with zero attached hydrogens (tertiary/aromatic N) is 2. The van der Waals surface area contributed by atoms with Crippen LogP contribution in [0.5, 0.6) is 5.75 Å². The molecule has 1 aromatic rings. The fourth-order valence-corrected chi connectivity index (χ4v) is 1.92. The molecule has 0 aliphatic heterocycles. The van der Waals surface area contributed by atoms with Gasteiger partial charge >= 0.3 is 0 Å². The summed E-state index contributed by atoms with van der Waals surface area (Å²) >= 11 is 0. The molecule has 1 rings (SSSR count). The van der Waals surface area contributed by atoms with Gasteiger partial charge in [-0.1, -0.05) is 13.8 Å². The third-order valence-corrected chi connectivity index (χ3v) is 2.87. The number of nitrogens with one attached hydrogen (secondary N) is 1. The lowest BCUT2D eigenvalue weighted by molar-refractivity contribution is 0.316. The van der Waals surface area contributed by atoms with Gasteiger partial charge in [0, 0.05) is 37.5 Å². The first kappa shape index (κ1) is 15.9.